The number of carbonyl (C=O) groups excluding carboxylic acids is 1. The van der Waals surface area contributed by atoms with Crippen molar-refractivity contribution in [1.82, 2.24) is 9.80 Å². The Hall–Kier alpha value is -3.16. The van der Waals surface area contributed by atoms with E-state index in [1.54, 1.807) is 0 Å². The smallest absolute Gasteiger partial charge is 0.223 e. The maximum absolute atomic E-state index is 14.2. The van der Waals surface area contributed by atoms with Gasteiger partial charge < -0.3 is 9.64 Å². The first-order valence-electron chi connectivity index (χ1n) is 13.3. The third-order valence-corrected chi connectivity index (χ3v) is 8.21. The molecule has 3 aromatic carbocycles. The molecule has 1 amide bonds. The molecule has 2 atom stereocenters. The molecule has 0 saturated carbocycles. The Balaban J connectivity index is 1.32. The van der Waals surface area contributed by atoms with Crippen LogP contribution in [-0.4, -0.2) is 55.1 Å². The average molecular weight is 523 g/mol. The lowest BCUT2D eigenvalue weighted by Gasteiger charge is -2.45. The quantitative estimate of drug-likeness (QED) is 0.375. The zero-order valence-corrected chi connectivity index (χ0v) is 21.6. The molecule has 2 saturated heterocycles. The Kier molecular flexibility index (Phi) is 7.86. The first-order valence-corrected chi connectivity index (χ1v) is 13.3. The van der Waals surface area contributed by atoms with Gasteiger partial charge >= 0.3 is 0 Å². The van der Waals surface area contributed by atoms with Gasteiger partial charge in [-0.25, -0.2) is 13.2 Å². The van der Waals surface area contributed by atoms with Crippen molar-refractivity contribution in [3.63, 3.8) is 0 Å². The summed E-state index contributed by atoms with van der Waals surface area (Å²) in [6.07, 6.45) is 1.98. The van der Waals surface area contributed by atoms with Crippen molar-refractivity contribution in [2.24, 2.45) is 0 Å². The Bertz CT molecular complexity index is 1260. The Morgan fingerprint density at radius 3 is 2.24 bits per heavy atom. The molecule has 38 heavy (non-hydrogen) atoms. The van der Waals surface area contributed by atoms with Crippen LogP contribution in [0.4, 0.5) is 13.2 Å². The molecule has 3 aromatic rings. The van der Waals surface area contributed by atoms with E-state index in [0.717, 1.165) is 62.9 Å². The molecule has 0 bridgehead atoms. The normalized spacial score (nSPS) is 21.5. The minimum Gasteiger partial charge on any atom is -0.379 e. The Morgan fingerprint density at radius 2 is 1.58 bits per heavy atom. The second kappa shape index (κ2) is 11.3. The second-order valence-electron chi connectivity index (χ2n) is 10.4. The summed E-state index contributed by atoms with van der Waals surface area (Å²) in [4.78, 5) is 17.9. The van der Waals surface area contributed by atoms with E-state index >= 15 is 0 Å². The van der Waals surface area contributed by atoms with Crippen LogP contribution in [0.1, 0.15) is 43.4 Å². The number of benzene rings is 3. The van der Waals surface area contributed by atoms with E-state index in [2.05, 4.69) is 4.90 Å². The van der Waals surface area contributed by atoms with E-state index in [9.17, 15) is 18.0 Å². The summed E-state index contributed by atoms with van der Waals surface area (Å²) >= 11 is 0. The molecule has 7 heteroatoms. The van der Waals surface area contributed by atoms with Gasteiger partial charge in [-0.3, -0.25) is 9.69 Å². The van der Waals surface area contributed by atoms with Gasteiger partial charge in [0.05, 0.1) is 19.3 Å². The molecule has 0 spiro atoms. The van der Waals surface area contributed by atoms with Crippen molar-refractivity contribution in [2.75, 3.05) is 39.4 Å². The molecule has 200 valence electrons. The van der Waals surface area contributed by atoms with Crippen molar-refractivity contribution < 1.29 is 22.7 Å². The molecule has 0 radical (unpaired) electrons. The molecule has 5 rings (SSSR count). The highest BCUT2D eigenvalue weighted by Gasteiger charge is 2.41. The van der Waals surface area contributed by atoms with E-state index < -0.39 is 11.6 Å². The SMILES string of the molecule is C[C@@H](c1ccc(-c2ccc(F)cc2F)cc1)N1CCC(CCN2CCOCC2)(c2ccc(F)cc2)CC1=O. The molecule has 0 N–H and O–H groups in total. The van der Waals surface area contributed by atoms with Gasteiger partial charge in [-0.1, -0.05) is 36.4 Å². The largest absolute Gasteiger partial charge is 0.379 e. The van der Waals surface area contributed by atoms with E-state index in [1.807, 2.05) is 48.2 Å². The molecule has 2 heterocycles. The molecule has 2 fully saturated rings. The van der Waals surface area contributed by atoms with E-state index in [1.165, 1.54) is 24.3 Å². The maximum Gasteiger partial charge on any atom is 0.223 e. The lowest BCUT2D eigenvalue weighted by Crippen LogP contribution is -2.49. The molecule has 4 nitrogen and oxygen atoms in total. The summed E-state index contributed by atoms with van der Waals surface area (Å²) in [7, 11) is 0. The first kappa shape index (κ1) is 26.4. The minimum atomic E-state index is -0.609. The van der Waals surface area contributed by atoms with Gasteiger partial charge in [-0.05, 0) is 67.3 Å². The Labute approximate surface area is 222 Å². The van der Waals surface area contributed by atoms with Gasteiger partial charge in [-0.15, -0.1) is 0 Å². The summed E-state index contributed by atoms with van der Waals surface area (Å²) in [6, 6.07) is 17.4. The van der Waals surface area contributed by atoms with Crippen LogP contribution in [-0.2, 0) is 14.9 Å². The van der Waals surface area contributed by atoms with Crippen LogP contribution >= 0.6 is 0 Å². The lowest BCUT2D eigenvalue weighted by molar-refractivity contribution is -0.138. The number of carbonyl (C=O) groups is 1. The molecule has 2 aliphatic rings. The van der Waals surface area contributed by atoms with Crippen molar-refractivity contribution in [3.8, 4) is 11.1 Å². The van der Waals surface area contributed by atoms with Gasteiger partial charge in [0, 0.05) is 43.1 Å². The number of morpholine rings is 1. The zero-order chi connectivity index (χ0) is 26.7. The third-order valence-electron chi connectivity index (χ3n) is 8.21. The van der Waals surface area contributed by atoms with Crippen LogP contribution in [0.3, 0.4) is 0 Å². The summed E-state index contributed by atoms with van der Waals surface area (Å²) in [6.45, 7) is 6.67. The van der Waals surface area contributed by atoms with Crippen LogP contribution in [0.2, 0.25) is 0 Å². The van der Waals surface area contributed by atoms with Crippen LogP contribution < -0.4 is 0 Å². The molecular formula is C31H33F3N2O2. The van der Waals surface area contributed by atoms with Crippen molar-refractivity contribution in [2.45, 2.75) is 37.6 Å². The molecular weight excluding hydrogens is 489 g/mol. The van der Waals surface area contributed by atoms with Crippen molar-refractivity contribution in [1.29, 1.82) is 0 Å². The third kappa shape index (κ3) is 5.64. The van der Waals surface area contributed by atoms with E-state index in [-0.39, 0.29) is 23.2 Å². The fourth-order valence-corrected chi connectivity index (χ4v) is 5.80. The standard InChI is InChI=1S/C31H33F3N2O2/c1-22(23-2-4-24(5-3-23)28-11-10-27(33)20-29(28)34)36-15-13-31(21-30(36)37,25-6-8-26(32)9-7-25)12-14-35-16-18-38-19-17-35/h2-11,20,22H,12-19,21H2,1H3/t22-,31?/m0/s1. The molecule has 1 unspecified atom stereocenters. The van der Waals surface area contributed by atoms with E-state index in [4.69, 9.17) is 4.74 Å². The van der Waals surface area contributed by atoms with Gasteiger partial charge in [0.25, 0.3) is 0 Å². The number of nitrogens with zero attached hydrogens (tertiary/aromatic N) is 2. The fraction of sp³-hybridized carbons (Fsp3) is 0.387. The first-order chi connectivity index (χ1) is 18.3. The number of piperidine rings is 1. The van der Waals surface area contributed by atoms with Crippen LogP contribution in [0.15, 0.2) is 66.7 Å². The number of likely N-dealkylation sites (tertiary alicyclic amines) is 1. The number of halogens is 3. The van der Waals surface area contributed by atoms with Gasteiger partial charge in [-0.2, -0.15) is 0 Å². The van der Waals surface area contributed by atoms with Gasteiger partial charge in [0.1, 0.15) is 17.5 Å². The predicted octanol–water partition coefficient (Wildman–Crippen LogP) is 6.11. The van der Waals surface area contributed by atoms with Crippen molar-refractivity contribution >= 4 is 5.91 Å². The predicted molar refractivity (Wildman–Crippen MR) is 141 cm³/mol. The monoisotopic (exact) mass is 522 g/mol. The van der Waals surface area contributed by atoms with Gasteiger partial charge in [0.15, 0.2) is 0 Å². The highest BCUT2D eigenvalue weighted by molar-refractivity contribution is 5.79. The fourth-order valence-electron chi connectivity index (χ4n) is 5.80. The molecule has 2 aliphatic heterocycles. The lowest BCUT2D eigenvalue weighted by atomic mass is 9.69. The summed E-state index contributed by atoms with van der Waals surface area (Å²) in [5.41, 5.74) is 2.61. The number of rotatable bonds is 7. The topological polar surface area (TPSA) is 32.8 Å². The Morgan fingerprint density at radius 1 is 0.895 bits per heavy atom. The highest BCUT2D eigenvalue weighted by Crippen LogP contribution is 2.42. The number of ether oxygens (including phenoxy) is 1. The summed E-state index contributed by atoms with van der Waals surface area (Å²) in [5, 5.41) is 0. The summed E-state index contributed by atoms with van der Waals surface area (Å²) < 4.78 is 46.7. The van der Waals surface area contributed by atoms with E-state index in [0.29, 0.717) is 24.1 Å². The number of amides is 1. The maximum atomic E-state index is 14.2. The zero-order valence-electron chi connectivity index (χ0n) is 21.6. The molecule has 0 aliphatic carbocycles. The number of hydrogen-bond acceptors (Lipinski definition) is 3. The minimum absolute atomic E-state index is 0.0729. The van der Waals surface area contributed by atoms with Crippen LogP contribution in [0.5, 0.6) is 0 Å². The van der Waals surface area contributed by atoms with Crippen molar-refractivity contribution in [3.05, 3.63) is 95.3 Å². The molecule has 0 aromatic heterocycles. The summed E-state index contributed by atoms with van der Waals surface area (Å²) in [5.74, 6) is -1.42. The van der Waals surface area contributed by atoms with Crippen LogP contribution in [0.25, 0.3) is 11.1 Å². The van der Waals surface area contributed by atoms with Crippen LogP contribution in [0, 0.1) is 17.5 Å². The number of hydrogen-bond donors (Lipinski definition) is 0. The highest BCUT2D eigenvalue weighted by atomic mass is 19.1. The van der Waals surface area contributed by atoms with Gasteiger partial charge in [0.2, 0.25) is 5.91 Å². The second-order valence-corrected chi connectivity index (χ2v) is 10.4. The average Bonchev–Trinajstić information content (AvgIpc) is 2.93.